The van der Waals surface area contributed by atoms with E-state index in [0.717, 1.165) is 30.4 Å². The maximum atomic E-state index is 13.4. The smallest absolute Gasteiger partial charge is 0.246 e. The fourth-order valence-corrected chi connectivity index (χ4v) is 5.62. The Morgan fingerprint density at radius 3 is 2.26 bits per heavy atom. The van der Waals surface area contributed by atoms with Gasteiger partial charge < -0.3 is 4.90 Å². The van der Waals surface area contributed by atoms with Gasteiger partial charge in [-0.25, -0.2) is 8.42 Å². The maximum Gasteiger partial charge on any atom is 0.246 e. The van der Waals surface area contributed by atoms with Crippen LogP contribution in [-0.2, 0) is 21.2 Å². The summed E-state index contributed by atoms with van der Waals surface area (Å²) >= 11 is 0. The third kappa shape index (κ3) is 5.67. The van der Waals surface area contributed by atoms with Gasteiger partial charge in [0, 0.05) is 13.1 Å². The first kappa shape index (κ1) is 23.3. The van der Waals surface area contributed by atoms with Gasteiger partial charge in [0.1, 0.15) is 6.04 Å². The van der Waals surface area contributed by atoms with E-state index in [1.807, 2.05) is 43.9 Å². The molecule has 5 nitrogen and oxygen atoms in total. The fraction of sp³-hybridized carbons (Fsp3) is 0.480. The van der Waals surface area contributed by atoms with Gasteiger partial charge in [-0.15, -0.1) is 0 Å². The summed E-state index contributed by atoms with van der Waals surface area (Å²) in [6, 6.07) is 15.3. The maximum absolute atomic E-state index is 13.4. The van der Waals surface area contributed by atoms with Crippen molar-refractivity contribution in [1.29, 1.82) is 0 Å². The van der Waals surface area contributed by atoms with E-state index in [1.54, 1.807) is 6.07 Å². The number of piperidine rings is 1. The lowest BCUT2D eigenvalue weighted by molar-refractivity contribution is -0.133. The van der Waals surface area contributed by atoms with Crippen molar-refractivity contribution in [1.82, 2.24) is 4.90 Å². The van der Waals surface area contributed by atoms with Crippen LogP contribution in [0, 0.1) is 19.8 Å². The quantitative estimate of drug-likeness (QED) is 0.641. The van der Waals surface area contributed by atoms with E-state index >= 15 is 0 Å². The highest BCUT2D eigenvalue weighted by Gasteiger charge is 2.35. The molecule has 0 spiro atoms. The van der Waals surface area contributed by atoms with E-state index in [0.29, 0.717) is 31.1 Å². The fourth-order valence-electron chi connectivity index (χ4n) is 4.42. The van der Waals surface area contributed by atoms with Crippen LogP contribution in [0.25, 0.3) is 0 Å². The van der Waals surface area contributed by atoms with Crippen LogP contribution in [0.2, 0.25) is 0 Å². The van der Waals surface area contributed by atoms with Gasteiger partial charge in [-0.05, 0) is 74.3 Å². The molecule has 1 fully saturated rings. The minimum absolute atomic E-state index is 0.0932. The average molecular weight is 443 g/mol. The number of nitrogens with zero attached hydrogens (tertiary/aromatic N) is 2. The van der Waals surface area contributed by atoms with Crippen molar-refractivity contribution in [2.45, 2.75) is 52.5 Å². The third-order valence-corrected chi connectivity index (χ3v) is 7.53. The van der Waals surface area contributed by atoms with Crippen LogP contribution in [0.1, 0.15) is 42.9 Å². The molecule has 0 aliphatic carbocycles. The van der Waals surface area contributed by atoms with E-state index in [4.69, 9.17) is 0 Å². The molecular formula is C25H34N2O3S. The monoisotopic (exact) mass is 442 g/mol. The van der Waals surface area contributed by atoms with Crippen molar-refractivity contribution in [2.24, 2.45) is 5.92 Å². The van der Waals surface area contributed by atoms with Crippen LogP contribution in [-0.4, -0.2) is 44.6 Å². The normalized spacial score (nSPS) is 16.2. The molecule has 6 heteroatoms. The molecule has 3 rings (SSSR count). The standard InChI is InChI=1S/C25H34N2O3S/c1-5-24(27(31(4,29)30)23-12-11-19(2)20(3)17-23)25(28)26-15-13-22(14-16-26)18-21-9-7-6-8-10-21/h6-12,17,22,24H,5,13-16,18H2,1-4H3. The van der Waals surface area contributed by atoms with E-state index in [1.165, 1.54) is 16.1 Å². The number of carbonyl (C=O) groups is 1. The number of hydrogen-bond donors (Lipinski definition) is 0. The molecular weight excluding hydrogens is 408 g/mol. The largest absolute Gasteiger partial charge is 0.341 e. The van der Waals surface area contributed by atoms with Gasteiger partial charge in [-0.1, -0.05) is 43.3 Å². The minimum Gasteiger partial charge on any atom is -0.341 e. The second-order valence-electron chi connectivity index (χ2n) is 8.71. The van der Waals surface area contributed by atoms with Crippen molar-refractivity contribution >= 4 is 21.6 Å². The van der Waals surface area contributed by atoms with Gasteiger partial charge in [0.2, 0.25) is 15.9 Å². The van der Waals surface area contributed by atoms with Crippen LogP contribution >= 0.6 is 0 Å². The molecule has 0 aromatic heterocycles. The van der Waals surface area contributed by atoms with Crippen LogP contribution in [0.3, 0.4) is 0 Å². The number of hydrogen-bond acceptors (Lipinski definition) is 3. The van der Waals surface area contributed by atoms with E-state index in [-0.39, 0.29) is 5.91 Å². The second-order valence-corrected chi connectivity index (χ2v) is 10.6. The molecule has 0 saturated carbocycles. The molecule has 1 unspecified atom stereocenters. The lowest BCUT2D eigenvalue weighted by Crippen LogP contribution is -2.52. The lowest BCUT2D eigenvalue weighted by Gasteiger charge is -2.37. The molecule has 1 saturated heterocycles. The average Bonchev–Trinajstić information content (AvgIpc) is 2.74. The molecule has 1 aliphatic heterocycles. The van der Waals surface area contributed by atoms with Crippen LogP contribution in [0.5, 0.6) is 0 Å². The van der Waals surface area contributed by atoms with Crippen molar-refractivity contribution in [3.63, 3.8) is 0 Å². The zero-order chi connectivity index (χ0) is 22.6. The highest BCUT2D eigenvalue weighted by molar-refractivity contribution is 7.92. The number of likely N-dealkylation sites (tertiary alicyclic amines) is 1. The Hall–Kier alpha value is -2.34. The highest BCUT2D eigenvalue weighted by atomic mass is 32.2. The second kappa shape index (κ2) is 9.86. The molecule has 1 heterocycles. The van der Waals surface area contributed by atoms with Gasteiger partial charge in [0.05, 0.1) is 11.9 Å². The van der Waals surface area contributed by atoms with Crippen molar-refractivity contribution in [3.05, 3.63) is 65.2 Å². The Balaban J connectivity index is 1.74. The molecule has 0 bridgehead atoms. The first-order valence-electron chi connectivity index (χ1n) is 11.1. The number of sulfonamides is 1. The van der Waals surface area contributed by atoms with Gasteiger partial charge in [0.25, 0.3) is 0 Å². The van der Waals surface area contributed by atoms with Gasteiger partial charge in [-0.3, -0.25) is 9.10 Å². The van der Waals surface area contributed by atoms with Crippen LogP contribution in [0.15, 0.2) is 48.5 Å². The predicted octanol–water partition coefficient (Wildman–Crippen LogP) is 4.33. The topological polar surface area (TPSA) is 57.7 Å². The van der Waals surface area contributed by atoms with Crippen molar-refractivity contribution in [3.8, 4) is 0 Å². The summed E-state index contributed by atoms with van der Waals surface area (Å²) in [5.74, 6) is 0.460. The summed E-state index contributed by atoms with van der Waals surface area (Å²) in [6.07, 6.45) is 4.53. The van der Waals surface area contributed by atoms with Gasteiger partial charge in [-0.2, -0.15) is 0 Å². The SMILES string of the molecule is CCC(C(=O)N1CCC(Cc2ccccc2)CC1)N(c1ccc(C)c(C)c1)S(C)(=O)=O. The molecule has 2 aromatic carbocycles. The zero-order valence-electron chi connectivity index (χ0n) is 19.0. The minimum atomic E-state index is -3.61. The Kier molecular flexibility index (Phi) is 7.42. The summed E-state index contributed by atoms with van der Waals surface area (Å²) in [5, 5.41) is 0. The zero-order valence-corrected chi connectivity index (χ0v) is 19.9. The molecule has 31 heavy (non-hydrogen) atoms. The van der Waals surface area contributed by atoms with Crippen LogP contribution in [0.4, 0.5) is 5.69 Å². The van der Waals surface area contributed by atoms with Crippen LogP contribution < -0.4 is 4.31 Å². The molecule has 168 valence electrons. The summed E-state index contributed by atoms with van der Waals surface area (Å²) in [7, 11) is -3.61. The summed E-state index contributed by atoms with van der Waals surface area (Å²) < 4.78 is 26.8. The van der Waals surface area contributed by atoms with Crippen molar-refractivity contribution in [2.75, 3.05) is 23.7 Å². The summed E-state index contributed by atoms with van der Waals surface area (Å²) in [6.45, 7) is 7.18. The van der Waals surface area contributed by atoms with Gasteiger partial charge in [0.15, 0.2) is 0 Å². The number of aryl methyl sites for hydroxylation is 2. The highest BCUT2D eigenvalue weighted by Crippen LogP contribution is 2.28. The molecule has 0 radical (unpaired) electrons. The Bertz CT molecular complexity index is 997. The number of carbonyl (C=O) groups excluding carboxylic acids is 1. The summed E-state index contributed by atoms with van der Waals surface area (Å²) in [4.78, 5) is 15.3. The number of benzene rings is 2. The molecule has 2 aromatic rings. The number of amides is 1. The first-order valence-corrected chi connectivity index (χ1v) is 12.9. The van der Waals surface area contributed by atoms with E-state index in [9.17, 15) is 13.2 Å². The van der Waals surface area contributed by atoms with Gasteiger partial charge >= 0.3 is 0 Å². The number of rotatable bonds is 7. The summed E-state index contributed by atoms with van der Waals surface area (Å²) in [5.41, 5.74) is 3.99. The third-order valence-electron chi connectivity index (χ3n) is 6.35. The first-order chi connectivity index (χ1) is 14.7. The number of anilines is 1. The lowest BCUT2D eigenvalue weighted by atomic mass is 9.90. The molecule has 1 amide bonds. The Morgan fingerprint density at radius 1 is 1.06 bits per heavy atom. The molecule has 0 N–H and O–H groups in total. The molecule has 1 atom stereocenters. The molecule has 1 aliphatic rings. The predicted molar refractivity (Wildman–Crippen MR) is 127 cm³/mol. The van der Waals surface area contributed by atoms with E-state index < -0.39 is 16.1 Å². The Labute approximate surface area is 187 Å². The van der Waals surface area contributed by atoms with Crippen molar-refractivity contribution < 1.29 is 13.2 Å². The van der Waals surface area contributed by atoms with E-state index in [2.05, 4.69) is 24.3 Å². The Morgan fingerprint density at radius 2 is 1.71 bits per heavy atom.